The van der Waals surface area contributed by atoms with Gasteiger partial charge in [-0.25, -0.2) is 4.98 Å². The highest BCUT2D eigenvalue weighted by molar-refractivity contribution is 5.28. The molecule has 0 saturated carbocycles. The van der Waals surface area contributed by atoms with E-state index < -0.39 is 0 Å². The maximum absolute atomic E-state index is 5.76. The number of imidazole rings is 1. The summed E-state index contributed by atoms with van der Waals surface area (Å²) in [6, 6.07) is 0. The fourth-order valence-corrected chi connectivity index (χ4v) is 2.17. The van der Waals surface area contributed by atoms with Gasteiger partial charge in [-0.2, -0.15) is 0 Å². The first-order valence-corrected chi connectivity index (χ1v) is 7.48. The van der Waals surface area contributed by atoms with Crippen LogP contribution in [0, 0.1) is 6.92 Å². The number of nitrogens with one attached hydrogen (secondary N) is 1. The molecular weight excluding hydrogens is 254 g/mol. The van der Waals surface area contributed by atoms with Crippen molar-refractivity contribution >= 4 is 5.95 Å². The predicted molar refractivity (Wildman–Crippen MR) is 82.3 cm³/mol. The van der Waals surface area contributed by atoms with Gasteiger partial charge in [0.25, 0.3) is 0 Å². The monoisotopic (exact) mass is 283 g/mol. The van der Waals surface area contributed by atoms with Crippen molar-refractivity contribution in [2.75, 3.05) is 31.7 Å². The van der Waals surface area contributed by atoms with Crippen molar-refractivity contribution < 1.29 is 9.47 Å². The molecule has 1 aromatic heterocycles. The average Bonchev–Trinajstić information content (AvgIpc) is 2.68. The number of hydrogen-bond acceptors (Lipinski definition) is 4. The third-order valence-electron chi connectivity index (χ3n) is 2.94. The van der Waals surface area contributed by atoms with E-state index in [0.29, 0.717) is 0 Å². The number of rotatable bonds is 10. The summed E-state index contributed by atoms with van der Waals surface area (Å²) in [6.07, 6.45) is 3.04. The largest absolute Gasteiger partial charge is 0.382 e. The lowest BCUT2D eigenvalue weighted by atomic mass is 10.1. The van der Waals surface area contributed by atoms with Crippen molar-refractivity contribution in [3.8, 4) is 0 Å². The fourth-order valence-electron chi connectivity index (χ4n) is 2.17. The van der Waals surface area contributed by atoms with Crippen molar-refractivity contribution in [1.29, 1.82) is 0 Å². The first-order valence-electron chi connectivity index (χ1n) is 7.48. The molecule has 0 bridgehead atoms. The van der Waals surface area contributed by atoms with Gasteiger partial charge in [-0.3, -0.25) is 0 Å². The zero-order valence-corrected chi connectivity index (χ0v) is 13.5. The number of aryl methyl sites for hydroxylation is 1. The predicted octanol–water partition coefficient (Wildman–Crippen LogP) is 2.85. The quantitative estimate of drug-likeness (QED) is 0.671. The van der Waals surface area contributed by atoms with E-state index in [0.717, 1.165) is 51.0 Å². The molecule has 0 spiro atoms. The summed E-state index contributed by atoms with van der Waals surface area (Å²) in [5.74, 6) is 0.909. The Balaban J connectivity index is 2.54. The highest BCUT2D eigenvalue weighted by Gasteiger charge is 2.20. The third-order valence-corrected chi connectivity index (χ3v) is 2.94. The molecule has 5 heteroatoms. The van der Waals surface area contributed by atoms with E-state index in [-0.39, 0.29) is 5.60 Å². The molecule has 0 atom stereocenters. The molecule has 1 heterocycles. The lowest BCUT2D eigenvalue weighted by Gasteiger charge is -2.26. The summed E-state index contributed by atoms with van der Waals surface area (Å²) in [5, 5.41) is 3.37. The molecule has 1 aromatic rings. The lowest BCUT2D eigenvalue weighted by molar-refractivity contribution is -0.0220. The second-order valence-electron chi connectivity index (χ2n) is 5.50. The van der Waals surface area contributed by atoms with Crippen LogP contribution in [0.2, 0.25) is 0 Å². The standard InChI is InChI=1S/C15H29N3O2/c1-6-19-10-8-9-16-14-17-13(3)11-18(14)12-15(4,5)20-7-2/h11H,6-10,12H2,1-5H3,(H,16,17). The van der Waals surface area contributed by atoms with Crippen molar-refractivity contribution in [1.82, 2.24) is 9.55 Å². The van der Waals surface area contributed by atoms with E-state index in [1.165, 1.54) is 0 Å². The van der Waals surface area contributed by atoms with Crippen LogP contribution in [-0.2, 0) is 16.0 Å². The van der Waals surface area contributed by atoms with Crippen LogP contribution in [-0.4, -0.2) is 41.5 Å². The maximum atomic E-state index is 5.76. The van der Waals surface area contributed by atoms with Crippen LogP contribution in [0.15, 0.2) is 6.20 Å². The Kier molecular flexibility index (Phi) is 7.02. The third kappa shape index (κ3) is 5.92. The van der Waals surface area contributed by atoms with Crippen LogP contribution in [0.3, 0.4) is 0 Å². The van der Waals surface area contributed by atoms with Crippen LogP contribution in [0.25, 0.3) is 0 Å². The second-order valence-corrected chi connectivity index (χ2v) is 5.50. The van der Waals surface area contributed by atoms with Crippen molar-refractivity contribution in [2.24, 2.45) is 0 Å². The van der Waals surface area contributed by atoms with Crippen LogP contribution >= 0.6 is 0 Å². The molecule has 0 unspecified atom stereocenters. The summed E-state index contributed by atoms with van der Waals surface area (Å²) < 4.78 is 13.2. The highest BCUT2D eigenvalue weighted by Crippen LogP contribution is 2.17. The van der Waals surface area contributed by atoms with Gasteiger partial charge in [0.2, 0.25) is 5.95 Å². The Labute approximate surface area is 122 Å². The van der Waals surface area contributed by atoms with E-state index >= 15 is 0 Å². The number of nitrogens with zero attached hydrogens (tertiary/aromatic N) is 2. The second kappa shape index (κ2) is 8.27. The molecule has 5 nitrogen and oxygen atoms in total. The Bertz CT molecular complexity index is 388. The smallest absolute Gasteiger partial charge is 0.203 e. The minimum absolute atomic E-state index is 0.191. The Hall–Kier alpha value is -1.07. The van der Waals surface area contributed by atoms with Crippen LogP contribution in [0.1, 0.15) is 39.8 Å². The van der Waals surface area contributed by atoms with Gasteiger partial charge in [-0.15, -0.1) is 0 Å². The molecule has 0 amide bonds. The van der Waals surface area contributed by atoms with Crippen molar-refractivity contribution in [3.05, 3.63) is 11.9 Å². The van der Waals surface area contributed by atoms with Gasteiger partial charge >= 0.3 is 0 Å². The molecular formula is C15H29N3O2. The van der Waals surface area contributed by atoms with E-state index in [1.54, 1.807) is 0 Å². The zero-order chi connectivity index (χ0) is 15.0. The van der Waals surface area contributed by atoms with Crippen molar-refractivity contribution in [3.63, 3.8) is 0 Å². The molecule has 0 aliphatic rings. The molecule has 20 heavy (non-hydrogen) atoms. The Morgan fingerprint density at radius 3 is 2.70 bits per heavy atom. The van der Waals surface area contributed by atoms with E-state index in [1.807, 2.05) is 20.8 Å². The normalized spacial score (nSPS) is 11.8. The van der Waals surface area contributed by atoms with Crippen LogP contribution in [0.5, 0.6) is 0 Å². The number of aromatic nitrogens is 2. The van der Waals surface area contributed by atoms with Crippen LogP contribution in [0.4, 0.5) is 5.95 Å². The molecule has 0 saturated heterocycles. The van der Waals surface area contributed by atoms with Gasteiger partial charge in [0.05, 0.1) is 17.8 Å². The summed E-state index contributed by atoms with van der Waals surface area (Å²) in [6.45, 7) is 14.2. The van der Waals surface area contributed by atoms with E-state index in [2.05, 4.69) is 34.9 Å². The Morgan fingerprint density at radius 1 is 1.30 bits per heavy atom. The number of anilines is 1. The fraction of sp³-hybridized carbons (Fsp3) is 0.800. The number of hydrogen-bond donors (Lipinski definition) is 1. The average molecular weight is 283 g/mol. The maximum Gasteiger partial charge on any atom is 0.203 e. The lowest BCUT2D eigenvalue weighted by Crippen LogP contribution is -2.31. The van der Waals surface area contributed by atoms with Gasteiger partial charge in [-0.05, 0) is 41.0 Å². The topological polar surface area (TPSA) is 48.3 Å². The highest BCUT2D eigenvalue weighted by atomic mass is 16.5. The Morgan fingerprint density at radius 2 is 2.05 bits per heavy atom. The van der Waals surface area contributed by atoms with Gasteiger partial charge < -0.3 is 19.4 Å². The van der Waals surface area contributed by atoms with E-state index in [9.17, 15) is 0 Å². The molecule has 1 rings (SSSR count). The van der Waals surface area contributed by atoms with Gasteiger partial charge in [-0.1, -0.05) is 0 Å². The summed E-state index contributed by atoms with van der Waals surface area (Å²) in [5.41, 5.74) is 0.827. The van der Waals surface area contributed by atoms with Gasteiger partial charge in [0.1, 0.15) is 0 Å². The summed E-state index contributed by atoms with van der Waals surface area (Å²) in [4.78, 5) is 4.53. The summed E-state index contributed by atoms with van der Waals surface area (Å²) in [7, 11) is 0. The van der Waals surface area contributed by atoms with E-state index in [4.69, 9.17) is 9.47 Å². The van der Waals surface area contributed by atoms with Gasteiger partial charge in [0.15, 0.2) is 0 Å². The minimum atomic E-state index is -0.191. The van der Waals surface area contributed by atoms with Gasteiger partial charge in [0, 0.05) is 32.6 Å². The molecule has 0 fully saturated rings. The zero-order valence-electron chi connectivity index (χ0n) is 13.5. The molecule has 0 aliphatic heterocycles. The minimum Gasteiger partial charge on any atom is -0.382 e. The molecule has 116 valence electrons. The SMILES string of the molecule is CCOCCCNc1nc(C)cn1CC(C)(C)OCC. The molecule has 1 N–H and O–H groups in total. The molecule has 0 aliphatic carbocycles. The molecule has 0 radical (unpaired) electrons. The molecule has 0 aromatic carbocycles. The first kappa shape index (κ1) is 17.0. The van der Waals surface area contributed by atoms with Crippen molar-refractivity contribution in [2.45, 2.75) is 53.2 Å². The number of ether oxygens (including phenoxy) is 2. The summed E-state index contributed by atoms with van der Waals surface area (Å²) >= 11 is 0. The first-order chi connectivity index (χ1) is 9.48. The van der Waals surface area contributed by atoms with Crippen LogP contribution < -0.4 is 5.32 Å².